The second-order valence-electron chi connectivity index (χ2n) is 1.93. The van der Waals surface area contributed by atoms with Gasteiger partial charge >= 0.3 is 75.7 Å². The molecule has 0 unspecified atom stereocenters. The van der Waals surface area contributed by atoms with Crippen LogP contribution in [0.3, 0.4) is 0 Å². The molecule has 0 aromatic heterocycles. The molecule has 10 heavy (non-hydrogen) atoms. The maximum absolute atomic E-state index is 5.77. The van der Waals surface area contributed by atoms with Gasteiger partial charge in [-0.15, -0.1) is 0 Å². The van der Waals surface area contributed by atoms with Gasteiger partial charge in [-0.1, -0.05) is 0 Å². The van der Waals surface area contributed by atoms with Crippen LogP contribution in [0, 0.1) is 0 Å². The summed E-state index contributed by atoms with van der Waals surface area (Å²) in [6.07, 6.45) is 0.983. The van der Waals surface area contributed by atoms with Crippen molar-refractivity contribution in [2.24, 2.45) is 4.99 Å². The number of hydrogen-bond acceptors (Lipinski definition) is 2. The van der Waals surface area contributed by atoms with Gasteiger partial charge in [-0.05, 0) is 0 Å². The average molecular weight is 326 g/mol. The summed E-state index contributed by atoms with van der Waals surface area (Å²) in [5, 5.41) is 3.76. The van der Waals surface area contributed by atoms with Crippen LogP contribution in [-0.2, 0) is 19.4 Å². The van der Waals surface area contributed by atoms with Crippen LogP contribution in [0.2, 0.25) is 0 Å². The van der Waals surface area contributed by atoms with Crippen molar-refractivity contribution in [3.63, 3.8) is 0 Å². The third-order valence-corrected chi connectivity index (χ3v) is 3.07. The van der Waals surface area contributed by atoms with Gasteiger partial charge < -0.3 is 0 Å². The van der Waals surface area contributed by atoms with Gasteiger partial charge in [-0.3, -0.25) is 0 Å². The zero-order chi connectivity index (χ0) is 7.56. The Morgan fingerprint density at radius 3 is 2.90 bits per heavy atom. The van der Waals surface area contributed by atoms with Crippen molar-refractivity contribution >= 4 is 22.3 Å². The SMILES string of the molecule is C=N/C(Cl)=C1/CCN[C]1=[W]. The molecule has 2 nitrogen and oxygen atoms in total. The second-order valence-corrected chi connectivity index (χ2v) is 3.76. The van der Waals surface area contributed by atoms with Crippen molar-refractivity contribution < 1.29 is 19.4 Å². The van der Waals surface area contributed by atoms with Crippen LogP contribution in [-0.4, -0.2) is 17.3 Å². The van der Waals surface area contributed by atoms with Crippen LogP contribution < -0.4 is 5.32 Å². The van der Waals surface area contributed by atoms with E-state index in [-0.39, 0.29) is 0 Å². The molecular formula is C6H7ClN2W. The first kappa shape index (κ1) is 8.32. The van der Waals surface area contributed by atoms with Crippen molar-refractivity contribution in [1.82, 2.24) is 5.32 Å². The summed E-state index contributed by atoms with van der Waals surface area (Å²) in [6.45, 7) is 4.35. The maximum atomic E-state index is 5.77. The van der Waals surface area contributed by atoms with E-state index in [2.05, 4.69) is 17.0 Å². The van der Waals surface area contributed by atoms with E-state index in [1.807, 2.05) is 0 Å². The molecule has 1 heterocycles. The third-order valence-electron chi connectivity index (χ3n) is 1.32. The van der Waals surface area contributed by atoms with Gasteiger partial charge in [-0.2, -0.15) is 0 Å². The Balaban J connectivity index is 2.89. The fourth-order valence-corrected chi connectivity index (χ4v) is 2.31. The number of hydrogen-bond donors (Lipinski definition) is 1. The van der Waals surface area contributed by atoms with E-state index in [9.17, 15) is 0 Å². The monoisotopic (exact) mass is 326 g/mol. The molecule has 1 aliphatic heterocycles. The predicted octanol–water partition coefficient (Wildman–Crippen LogP) is 0.807. The summed E-state index contributed by atoms with van der Waals surface area (Å²) in [5.74, 6) is 0. The predicted molar refractivity (Wildman–Crippen MR) is 40.1 cm³/mol. The minimum atomic E-state index is 0.551. The van der Waals surface area contributed by atoms with Crippen LogP contribution in [0.1, 0.15) is 6.42 Å². The van der Waals surface area contributed by atoms with Crippen molar-refractivity contribution in [2.45, 2.75) is 6.42 Å². The third kappa shape index (κ3) is 1.63. The first-order valence-corrected chi connectivity index (χ1v) is 4.73. The summed E-state index contributed by atoms with van der Waals surface area (Å²) in [5.41, 5.74) is 1.13. The van der Waals surface area contributed by atoms with E-state index >= 15 is 0 Å². The zero-order valence-electron chi connectivity index (χ0n) is 5.35. The van der Waals surface area contributed by atoms with Gasteiger partial charge in [0.1, 0.15) is 0 Å². The fraction of sp³-hybridized carbons (Fsp3) is 0.333. The van der Waals surface area contributed by atoms with E-state index in [1.54, 1.807) is 0 Å². The molecule has 1 aliphatic rings. The van der Waals surface area contributed by atoms with Crippen LogP contribution >= 0.6 is 11.6 Å². The number of halogens is 1. The molecule has 4 heteroatoms. The molecule has 0 spiro atoms. The van der Waals surface area contributed by atoms with Crippen molar-refractivity contribution in [3.05, 3.63) is 10.7 Å². The molecule has 0 aromatic carbocycles. The van der Waals surface area contributed by atoms with E-state index in [0.29, 0.717) is 5.16 Å². The summed E-state index contributed by atoms with van der Waals surface area (Å²) < 4.78 is 1.21. The molecule has 0 amide bonds. The average Bonchev–Trinajstić information content (AvgIpc) is 2.34. The molecule has 0 saturated carbocycles. The van der Waals surface area contributed by atoms with Gasteiger partial charge in [0.15, 0.2) is 0 Å². The van der Waals surface area contributed by atoms with Crippen LogP contribution in [0.5, 0.6) is 0 Å². The van der Waals surface area contributed by atoms with E-state index in [4.69, 9.17) is 11.6 Å². The Morgan fingerprint density at radius 1 is 1.80 bits per heavy atom. The molecule has 0 atom stereocenters. The quantitative estimate of drug-likeness (QED) is 0.560. The Morgan fingerprint density at radius 2 is 2.50 bits per heavy atom. The van der Waals surface area contributed by atoms with Crippen molar-refractivity contribution in [3.8, 4) is 0 Å². The Labute approximate surface area is 75.8 Å². The molecule has 0 radical (unpaired) electrons. The van der Waals surface area contributed by atoms with Gasteiger partial charge in [0.05, 0.1) is 0 Å². The number of nitrogens with one attached hydrogen (secondary N) is 1. The second kappa shape index (κ2) is 3.56. The van der Waals surface area contributed by atoms with Crippen molar-refractivity contribution in [1.29, 1.82) is 0 Å². The summed E-state index contributed by atoms with van der Waals surface area (Å²) in [6, 6.07) is 0. The fourth-order valence-electron chi connectivity index (χ4n) is 0.814. The summed E-state index contributed by atoms with van der Waals surface area (Å²) in [4.78, 5) is 3.67. The standard InChI is InChI=1S/C6H7ClN2.W/c1-8-6(7)5-2-3-9-4-5;/h9H,1-3H2;/b6-5-;. The molecule has 0 aromatic rings. The Hall–Kier alpha value is 0.218. The van der Waals surface area contributed by atoms with E-state index in [1.165, 1.54) is 23.4 Å². The number of rotatable bonds is 1. The first-order valence-electron chi connectivity index (χ1n) is 2.89. The van der Waals surface area contributed by atoms with Crippen LogP contribution in [0.15, 0.2) is 15.7 Å². The van der Waals surface area contributed by atoms with Crippen LogP contribution in [0.4, 0.5) is 0 Å². The topological polar surface area (TPSA) is 24.4 Å². The molecule has 1 fully saturated rings. The number of nitrogens with zero attached hydrogens (tertiary/aromatic N) is 1. The molecule has 0 aliphatic carbocycles. The molecule has 1 N–H and O–H groups in total. The molecule has 54 valence electrons. The normalized spacial score (nSPS) is 23.1. The van der Waals surface area contributed by atoms with Crippen LogP contribution in [0.25, 0.3) is 0 Å². The zero-order valence-corrected chi connectivity index (χ0v) is 9.04. The molecule has 1 saturated heterocycles. The van der Waals surface area contributed by atoms with E-state index < -0.39 is 0 Å². The summed E-state index contributed by atoms with van der Waals surface area (Å²) in [7, 11) is 0. The van der Waals surface area contributed by atoms with Gasteiger partial charge in [0.2, 0.25) is 0 Å². The molecular weight excluding hydrogens is 319 g/mol. The Bertz CT molecular complexity index is 210. The van der Waals surface area contributed by atoms with Gasteiger partial charge in [0.25, 0.3) is 0 Å². The first-order chi connectivity index (χ1) is 4.75. The Kier molecular flexibility index (Phi) is 2.96. The van der Waals surface area contributed by atoms with Crippen molar-refractivity contribution in [2.75, 3.05) is 6.54 Å². The van der Waals surface area contributed by atoms with E-state index in [0.717, 1.165) is 18.5 Å². The molecule has 1 rings (SSSR count). The van der Waals surface area contributed by atoms with Gasteiger partial charge in [-0.25, -0.2) is 0 Å². The minimum absolute atomic E-state index is 0.551. The van der Waals surface area contributed by atoms with Gasteiger partial charge in [0, 0.05) is 0 Å². The molecule has 0 bridgehead atoms. The summed E-state index contributed by atoms with van der Waals surface area (Å²) >= 11 is 7.18. The number of aliphatic imine (C=N–C) groups is 1.